The molecule has 3 aromatic carbocycles. The Hall–Kier alpha value is -3.50. The molecule has 5 rings (SSSR count). The van der Waals surface area contributed by atoms with E-state index in [4.69, 9.17) is 11.6 Å². The van der Waals surface area contributed by atoms with Gasteiger partial charge in [0.1, 0.15) is 0 Å². The largest absolute Gasteiger partial charge is 0.321 e. The van der Waals surface area contributed by atoms with Gasteiger partial charge in [-0.15, -0.1) is 0 Å². The Kier molecular flexibility index (Phi) is 3.92. The quantitative estimate of drug-likeness (QED) is 0.484. The minimum atomic E-state index is -0.143. The van der Waals surface area contributed by atoms with E-state index >= 15 is 0 Å². The molecule has 0 radical (unpaired) electrons. The minimum Gasteiger partial charge on any atom is -0.321 e. The van der Waals surface area contributed by atoms with Crippen LogP contribution in [0, 0.1) is 0 Å². The number of hydrogen-bond acceptors (Lipinski definition) is 3. The SMILES string of the molecule is O=C1Nc2ccc(Cl)cc2/C1=C(/c1ccccc1)c1ccc2nccnc2c1. The smallest absolute Gasteiger partial charge is 0.257 e. The maximum atomic E-state index is 13.0. The highest BCUT2D eigenvalue weighted by molar-refractivity contribution is 6.39. The third kappa shape index (κ3) is 2.75. The van der Waals surface area contributed by atoms with E-state index in [0.717, 1.165) is 39.0 Å². The lowest BCUT2D eigenvalue weighted by molar-refractivity contribution is -0.110. The van der Waals surface area contributed by atoms with Crippen LogP contribution in [0.2, 0.25) is 5.02 Å². The number of carbonyl (C=O) groups is 1. The van der Waals surface area contributed by atoms with Gasteiger partial charge in [0.15, 0.2) is 0 Å². The fourth-order valence-corrected chi connectivity index (χ4v) is 3.74. The Morgan fingerprint density at radius 1 is 0.821 bits per heavy atom. The number of aromatic nitrogens is 2. The number of nitrogens with zero attached hydrogens (tertiary/aromatic N) is 2. The molecule has 0 saturated heterocycles. The predicted octanol–water partition coefficient (Wildman–Crippen LogP) is 5.19. The molecule has 0 bridgehead atoms. The lowest BCUT2D eigenvalue weighted by Gasteiger charge is -2.13. The van der Waals surface area contributed by atoms with Crippen LogP contribution < -0.4 is 5.32 Å². The Morgan fingerprint density at radius 2 is 1.61 bits per heavy atom. The first kappa shape index (κ1) is 16.7. The third-order valence-corrected chi connectivity index (χ3v) is 5.03. The Morgan fingerprint density at radius 3 is 2.43 bits per heavy atom. The zero-order valence-corrected chi connectivity index (χ0v) is 15.4. The van der Waals surface area contributed by atoms with Gasteiger partial charge in [-0.3, -0.25) is 14.8 Å². The molecule has 134 valence electrons. The highest BCUT2D eigenvalue weighted by Gasteiger charge is 2.29. The molecule has 1 aliphatic rings. The Balaban J connectivity index is 1.84. The number of benzene rings is 3. The molecular formula is C23H14ClN3O. The van der Waals surface area contributed by atoms with Gasteiger partial charge < -0.3 is 5.32 Å². The van der Waals surface area contributed by atoms with Crippen molar-refractivity contribution in [2.75, 3.05) is 5.32 Å². The van der Waals surface area contributed by atoms with Crippen LogP contribution in [-0.4, -0.2) is 15.9 Å². The summed E-state index contributed by atoms with van der Waals surface area (Å²) in [5.41, 5.74) is 6.44. The second-order valence-electron chi connectivity index (χ2n) is 6.52. The van der Waals surface area contributed by atoms with Crippen molar-refractivity contribution in [1.82, 2.24) is 9.97 Å². The van der Waals surface area contributed by atoms with Gasteiger partial charge in [0.25, 0.3) is 5.91 Å². The zero-order valence-electron chi connectivity index (χ0n) is 14.7. The molecule has 1 aliphatic heterocycles. The molecule has 0 spiro atoms. The van der Waals surface area contributed by atoms with E-state index in [1.165, 1.54) is 0 Å². The van der Waals surface area contributed by atoms with Crippen LogP contribution in [0.15, 0.2) is 79.1 Å². The highest BCUT2D eigenvalue weighted by atomic mass is 35.5. The lowest BCUT2D eigenvalue weighted by Crippen LogP contribution is -2.06. The topological polar surface area (TPSA) is 54.9 Å². The van der Waals surface area contributed by atoms with Gasteiger partial charge in [-0.2, -0.15) is 0 Å². The molecule has 1 aromatic heterocycles. The second kappa shape index (κ2) is 6.59. The van der Waals surface area contributed by atoms with Gasteiger partial charge in [0.05, 0.1) is 16.6 Å². The van der Waals surface area contributed by atoms with Crippen LogP contribution in [0.25, 0.3) is 22.2 Å². The van der Waals surface area contributed by atoms with Gasteiger partial charge in [-0.25, -0.2) is 0 Å². The molecular weight excluding hydrogens is 370 g/mol. The van der Waals surface area contributed by atoms with E-state index in [2.05, 4.69) is 15.3 Å². The first-order valence-corrected chi connectivity index (χ1v) is 9.20. The molecule has 1 N–H and O–H groups in total. The third-order valence-electron chi connectivity index (χ3n) is 4.80. The fourth-order valence-electron chi connectivity index (χ4n) is 3.57. The van der Waals surface area contributed by atoms with Crippen molar-refractivity contribution in [2.45, 2.75) is 0 Å². The molecule has 28 heavy (non-hydrogen) atoms. The average molecular weight is 384 g/mol. The zero-order chi connectivity index (χ0) is 19.1. The van der Waals surface area contributed by atoms with Crippen molar-refractivity contribution in [1.29, 1.82) is 0 Å². The van der Waals surface area contributed by atoms with E-state index in [1.54, 1.807) is 18.5 Å². The summed E-state index contributed by atoms with van der Waals surface area (Å²) < 4.78 is 0. The number of carbonyl (C=O) groups excluding carboxylic acids is 1. The molecule has 4 nitrogen and oxygen atoms in total. The summed E-state index contributed by atoms with van der Waals surface area (Å²) in [5.74, 6) is -0.143. The van der Waals surface area contributed by atoms with Gasteiger partial charge in [-0.05, 0) is 41.5 Å². The van der Waals surface area contributed by atoms with E-state index in [9.17, 15) is 4.79 Å². The normalized spacial score (nSPS) is 14.7. The summed E-state index contributed by atoms with van der Waals surface area (Å²) in [6.07, 6.45) is 3.33. The Bertz CT molecular complexity index is 1270. The van der Waals surface area contributed by atoms with Crippen LogP contribution in [0.3, 0.4) is 0 Å². The van der Waals surface area contributed by atoms with E-state index < -0.39 is 0 Å². The van der Waals surface area contributed by atoms with Gasteiger partial charge >= 0.3 is 0 Å². The van der Waals surface area contributed by atoms with Crippen LogP contribution in [-0.2, 0) is 4.79 Å². The van der Waals surface area contributed by atoms with Crippen LogP contribution in [0.1, 0.15) is 16.7 Å². The van der Waals surface area contributed by atoms with Crippen LogP contribution in [0.5, 0.6) is 0 Å². The lowest BCUT2D eigenvalue weighted by atomic mass is 9.90. The van der Waals surface area contributed by atoms with Crippen molar-refractivity contribution < 1.29 is 4.79 Å². The fraction of sp³-hybridized carbons (Fsp3) is 0. The van der Waals surface area contributed by atoms with Crippen LogP contribution >= 0.6 is 11.6 Å². The summed E-state index contributed by atoms with van der Waals surface area (Å²) in [7, 11) is 0. The molecule has 5 heteroatoms. The molecule has 0 saturated carbocycles. The van der Waals surface area contributed by atoms with Crippen molar-refractivity contribution >= 4 is 45.4 Å². The minimum absolute atomic E-state index is 0.143. The molecule has 0 fully saturated rings. The molecule has 1 amide bonds. The van der Waals surface area contributed by atoms with Gasteiger partial charge in [0, 0.05) is 34.2 Å². The molecule has 4 aromatic rings. The average Bonchev–Trinajstić information content (AvgIpc) is 3.04. The first-order chi connectivity index (χ1) is 13.7. The summed E-state index contributed by atoms with van der Waals surface area (Å²) in [6, 6.07) is 21.2. The highest BCUT2D eigenvalue weighted by Crippen LogP contribution is 2.41. The standard InChI is InChI=1S/C23H14ClN3O/c24-16-7-9-18-17(13-16)22(23(28)27-18)21(14-4-2-1-3-5-14)15-6-8-19-20(12-15)26-11-10-25-19/h1-13H,(H,27,28)/b22-21+. The molecule has 0 atom stereocenters. The number of amides is 1. The van der Waals surface area contributed by atoms with Crippen molar-refractivity contribution in [3.63, 3.8) is 0 Å². The number of anilines is 1. The maximum absolute atomic E-state index is 13.0. The maximum Gasteiger partial charge on any atom is 0.257 e. The van der Waals surface area contributed by atoms with E-state index in [1.807, 2.05) is 60.7 Å². The summed E-state index contributed by atoms with van der Waals surface area (Å²) >= 11 is 6.23. The van der Waals surface area contributed by atoms with Crippen molar-refractivity contribution in [2.24, 2.45) is 0 Å². The molecule has 0 unspecified atom stereocenters. The van der Waals surface area contributed by atoms with Crippen molar-refractivity contribution in [3.8, 4) is 0 Å². The number of halogens is 1. The van der Waals surface area contributed by atoms with Gasteiger partial charge in [0.2, 0.25) is 0 Å². The molecule has 0 aliphatic carbocycles. The van der Waals surface area contributed by atoms with Crippen molar-refractivity contribution in [3.05, 3.63) is 101 Å². The number of fused-ring (bicyclic) bond motifs is 2. The van der Waals surface area contributed by atoms with Crippen LogP contribution in [0.4, 0.5) is 5.69 Å². The number of hydrogen-bond donors (Lipinski definition) is 1. The number of nitrogens with one attached hydrogen (secondary N) is 1. The van der Waals surface area contributed by atoms with E-state index in [0.29, 0.717) is 10.6 Å². The summed E-state index contributed by atoms with van der Waals surface area (Å²) in [4.78, 5) is 21.7. The second-order valence-corrected chi connectivity index (χ2v) is 6.96. The summed E-state index contributed by atoms with van der Waals surface area (Å²) in [6.45, 7) is 0. The molecule has 2 heterocycles. The Labute approximate surface area is 166 Å². The first-order valence-electron chi connectivity index (χ1n) is 8.83. The predicted molar refractivity (Wildman–Crippen MR) is 112 cm³/mol. The van der Waals surface area contributed by atoms with E-state index in [-0.39, 0.29) is 5.91 Å². The number of rotatable bonds is 2. The van der Waals surface area contributed by atoms with Gasteiger partial charge in [-0.1, -0.05) is 48.0 Å². The monoisotopic (exact) mass is 383 g/mol. The summed E-state index contributed by atoms with van der Waals surface area (Å²) in [5, 5.41) is 3.54.